The summed E-state index contributed by atoms with van der Waals surface area (Å²) in [7, 11) is 1.72. The number of H-pyrrole nitrogens is 1. The van der Waals surface area contributed by atoms with E-state index in [1.165, 1.54) is 0 Å². The van der Waals surface area contributed by atoms with E-state index in [1.807, 2.05) is 26.0 Å². The van der Waals surface area contributed by atoms with E-state index in [1.54, 1.807) is 32.7 Å². The number of aromatic amines is 1. The molecule has 6 nitrogen and oxygen atoms in total. The van der Waals surface area contributed by atoms with Crippen LogP contribution in [0.15, 0.2) is 18.2 Å². The van der Waals surface area contributed by atoms with Crippen LogP contribution in [0.4, 0.5) is 0 Å². The highest BCUT2D eigenvalue weighted by atomic mass is 16.5. The number of aromatic nitrogens is 1. The molecule has 2 rings (SSSR count). The highest BCUT2D eigenvalue weighted by Crippen LogP contribution is 2.20. The Bertz CT molecular complexity index is 819. The van der Waals surface area contributed by atoms with Crippen molar-refractivity contribution in [2.45, 2.75) is 34.6 Å². The third kappa shape index (κ3) is 4.90. The first-order valence-corrected chi connectivity index (χ1v) is 9.07. The lowest BCUT2D eigenvalue weighted by atomic mass is 10.1. The van der Waals surface area contributed by atoms with Gasteiger partial charge in [-0.15, -0.1) is 0 Å². The Morgan fingerprint density at radius 3 is 2.30 bits per heavy atom. The number of benzene rings is 1. The van der Waals surface area contributed by atoms with Gasteiger partial charge in [0, 0.05) is 12.7 Å². The number of carbonyl (C=O) groups excluding carboxylic acids is 2. The van der Waals surface area contributed by atoms with E-state index in [0.29, 0.717) is 42.3 Å². The predicted molar refractivity (Wildman–Crippen MR) is 105 cm³/mol. The van der Waals surface area contributed by atoms with Gasteiger partial charge < -0.3 is 19.4 Å². The first kappa shape index (κ1) is 20.6. The van der Waals surface area contributed by atoms with Crippen molar-refractivity contribution in [1.82, 2.24) is 9.88 Å². The highest BCUT2D eigenvalue weighted by molar-refractivity contribution is 6.00. The van der Waals surface area contributed by atoms with Gasteiger partial charge in [-0.3, -0.25) is 4.79 Å². The number of nitrogens with one attached hydrogen (secondary N) is 1. The summed E-state index contributed by atoms with van der Waals surface area (Å²) in [6, 6.07) is 6.03. The van der Waals surface area contributed by atoms with Crippen molar-refractivity contribution >= 4 is 11.9 Å². The van der Waals surface area contributed by atoms with Crippen molar-refractivity contribution in [1.29, 1.82) is 0 Å². The Morgan fingerprint density at radius 1 is 1.07 bits per heavy atom. The summed E-state index contributed by atoms with van der Waals surface area (Å²) in [5.74, 6) is 0.198. The first-order valence-electron chi connectivity index (χ1n) is 9.07. The lowest BCUT2D eigenvalue weighted by molar-refractivity contribution is 0.0525. The van der Waals surface area contributed by atoms with Crippen LogP contribution in [-0.2, 0) is 4.74 Å². The average Bonchev–Trinajstić information content (AvgIpc) is 2.88. The summed E-state index contributed by atoms with van der Waals surface area (Å²) in [5, 5.41) is 0. The van der Waals surface area contributed by atoms with Crippen LogP contribution < -0.4 is 4.74 Å². The second-order valence-corrected chi connectivity index (χ2v) is 6.74. The van der Waals surface area contributed by atoms with Crippen molar-refractivity contribution in [3.8, 4) is 5.75 Å². The molecule has 0 aliphatic heterocycles. The molecule has 0 radical (unpaired) electrons. The normalized spacial score (nSPS) is 10.6. The molecule has 2 aromatic rings. The largest absolute Gasteiger partial charge is 0.492 e. The number of hydrogen-bond donors (Lipinski definition) is 1. The van der Waals surface area contributed by atoms with E-state index < -0.39 is 5.97 Å². The van der Waals surface area contributed by atoms with Gasteiger partial charge >= 0.3 is 5.97 Å². The van der Waals surface area contributed by atoms with Gasteiger partial charge in [0.2, 0.25) is 0 Å². The summed E-state index contributed by atoms with van der Waals surface area (Å²) in [5.41, 5.74) is 4.36. The topological polar surface area (TPSA) is 71.6 Å². The van der Waals surface area contributed by atoms with E-state index in [9.17, 15) is 9.59 Å². The molecule has 0 saturated heterocycles. The van der Waals surface area contributed by atoms with Crippen molar-refractivity contribution in [3.05, 3.63) is 51.8 Å². The Hall–Kier alpha value is -2.76. The molecule has 0 aliphatic carbocycles. The number of ether oxygens (including phenoxy) is 2. The number of hydrogen-bond acceptors (Lipinski definition) is 4. The number of nitrogens with zero attached hydrogens (tertiary/aromatic N) is 1. The maximum atomic E-state index is 12.7. The van der Waals surface area contributed by atoms with Gasteiger partial charge in [0.1, 0.15) is 18.1 Å². The van der Waals surface area contributed by atoms with E-state index in [4.69, 9.17) is 9.47 Å². The van der Waals surface area contributed by atoms with E-state index >= 15 is 0 Å². The SMILES string of the molecule is CCOC(=O)c1c(C)[nH]c(C(=O)N(C)CCOc2cc(C)cc(C)c2)c1C. The van der Waals surface area contributed by atoms with Crippen molar-refractivity contribution in [2.24, 2.45) is 0 Å². The fourth-order valence-electron chi connectivity index (χ4n) is 3.08. The lowest BCUT2D eigenvalue weighted by Crippen LogP contribution is -2.31. The van der Waals surface area contributed by atoms with Gasteiger partial charge in [-0.1, -0.05) is 6.07 Å². The second-order valence-electron chi connectivity index (χ2n) is 6.74. The predicted octanol–water partition coefficient (Wildman–Crippen LogP) is 3.58. The number of aryl methyl sites for hydroxylation is 3. The van der Waals surface area contributed by atoms with Crippen LogP contribution in [0.1, 0.15) is 50.2 Å². The summed E-state index contributed by atoms with van der Waals surface area (Å²) < 4.78 is 10.8. The first-order chi connectivity index (χ1) is 12.7. The second kappa shape index (κ2) is 8.75. The molecule has 0 saturated carbocycles. The molecule has 1 aromatic heterocycles. The van der Waals surface area contributed by atoms with Gasteiger partial charge in [0.25, 0.3) is 5.91 Å². The molecule has 0 fully saturated rings. The summed E-state index contributed by atoms with van der Waals surface area (Å²) in [4.78, 5) is 29.4. The molecule has 0 spiro atoms. The Balaban J connectivity index is 2.02. The molecule has 0 bridgehead atoms. The minimum absolute atomic E-state index is 0.185. The maximum Gasteiger partial charge on any atom is 0.340 e. The summed E-state index contributed by atoms with van der Waals surface area (Å²) in [6.07, 6.45) is 0. The zero-order valence-electron chi connectivity index (χ0n) is 16.9. The molecule has 1 N–H and O–H groups in total. The molecule has 146 valence electrons. The van der Waals surface area contributed by atoms with Gasteiger partial charge in [-0.25, -0.2) is 4.79 Å². The van der Waals surface area contributed by atoms with Gasteiger partial charge in [-0.2, -0.15) is 0 Å². The average molecular weight is 372 g/mol. The van der Waals surface area contributed by atoms with Crippen LogP contribution in [0, 0.1) is 27.7 Å². The molecule has 1 heterocycles. The quantitative estimate of drug-likeness (QED) is 0.754. The molecule has 0 atom stereocenters. The third-order valence-electron chi connectivity index (χ3n) is 4.37. The Labute approximate surface area is 160 Å². The standard InChI is InChI=1S/C21H28N2O4/c1-7-26-21(25)18-15(4)19(22-16(18)5)20(24)23(6)8-9-27-17-11-13(2)10-14(3)12-17/h10-12,22H,7-9H2,1-6H3. The molecular formula is C21H28N2O4. The van der Waals surface area contributed by atoms with E-state index in [-0.39, 0.29) is 5.91 Å². The van der Waals surface area contributed by atoms with Crippen molar-refractivity contribution in [2.75, 3.05) is 26.8 Å². The molecule has 0 aliphatic rings. The Morgan fingerprint density at radius 2 is 1.70 bits per heavy atom. The van der Waals surface area contributed by atoms with Crippen LogP contribution in [0.25, 0.3) is 0 Å². The molecular weight excluding hydrogens is 344 g/mol. The number of likely N-dealkylation sites (N-methyl/N-ethyl adjacent to an activating group) is 1. The molecule has 1 aromatic carbocycles. The fraction of sp³-hybridized carbons (Fsp3) is 0.429. The van der Waals surface area contributed by atoms with Crippen LogP contribution >= 0.6 is 0 Å². The summed E-state index contributed by atoms with van der Waals surface area (Å²) >= 11 is 0. The molecule has 1 amide bonds. The fourth-order valence-corrected chi connectivity index (χ4v) is 3.08. The third-order valence-corrected chi connectivity index (χ3v) is 4.37. The maximum absolute atomic E-state index is 12.7. The highest BCUT2D eigenvalue weighted by Gasteiger charge is 2.24. The van der Waals surface area contributed by atoms with Crippen LogP contribution in [0.2, 0.25) is 0 Å². The molecule has 0 unspecified atom stereocenters. The number of carbonyl (C=O) groups is 2. The molecule has 27 heavy (non-hydrogen) atoms. The van der Waals surface area contributed by atoms with Crippen molar-refractivity contribution < 1.29 is 19.1 Å². The number of rotatable bonds is 7. The zero-order chi connectivity index (χ0) is 20.1. The number of esters is 1. The van der Waals surface area contributed by atoms with Gasteiger partial charge in [0.05, 0.1) is 18.7 Å². The van der Waals surface area contributed by atoms with Crippen molar-refractivity contribution in [3.63, 3.8) is 0 Å². The lowest BCUT2D eigenvalue weighted by Gasteiger charge is -2.17. The molecule has 6 heteroatoms. The Kier molecular flexibility index (Phi) is 6.66. The number of amides is 1. The van der Waals surface area contributed by atoms with E-state index in [2.05, 4.69) is 11.1 Å². The van der Waals surface area contributed by atoms with Gasteiger partial charge in [-0.05, 0) is 63.4 Å². The monoisotopic (exact) mass is 372 g/mol. The van der Waals surface area contributed by atoms with Crippen LogP contribution in [-0.4, -0.2) is 48.6 Å². The van der Waals surface area contributed by atoms with E-state index in [0.717, 1.165) is 16.9 Å². The minimum Gasteiger partial charge on any atom is -0.492 e. The van der Waals surface area contributed by atoms with Gasteiger partial charge in [0.15, 0.2) is 0 Å². The smallest absolute Gasteiger partial charge is 0.340 e. The summed E-state index contributed by atoms with van der Waals surface area (Å²) in [6.45, 7) is 10.4. The van der Waals surface area contributed by atoms with Crippen LogP contribution in [0.5, 0.6) is 5.75 Å². The van der Waals surface area contributed by atoms with Crippen LogP contribution in [0.3, 0.4) is 0 Å². The minimum atomic E-state index is -0.413. The zero-order valence-corrected chi connectivity index (χ0v) is 16.9.